The number of hydrogen-bond donors (Lipinski definition) is 3. The van der Waals surface area contributed by atoms with Crippen LogP contribution in [0.4, 0.5) is 4.79 Å². The number of ether oxygens (including phenoxy) is 1. The molecule has 1 heterocycles. The number of hydrogen-bond acceptors (Lipinski definition) is 4. The van der Waals surface area contributed by atoms with Crippen molar-refractivity contribution in [2.75, 3.05) is 6.61 Å². The smallest absolute Gasteiger partial charge is 0.335 e. The highest BCUT2D eigenvalue weighted by Crippen LogP contribution is 2.34. The Bertz CT molecular complexity index is 745. The van der Waals surface area contributed by atoms with E-state index in [9.17, 15) is 9.59 Å². The molecular formula is C18H22N4O4. The van der Waals surface area contributed by atoms with Gasteiger partial charge in [-0.05, 0) is 37.1 Å². The highest BCUT2D eigenvalue weighted by Gasteiger charge is 2.44. The number of rotatable bonds is 7. The molecule has 138 valence electrons. The van der Waals surface area contributed by atoms with E-state index in [0.717, 1.165) is 12.0 Å². The number of carboxylic acid groups (broad SMARTS) is 1. The van der Waals surface area contributed by atoms with E-state index in [1.54, 1.807) is 18.3 Å². The molecule has 1 saturated carbocycles. The minimum atomic E-state index is -0.972. The third-order valence-corrected chi connectivity index (χ3v) is 4.46. The number of aromatic carboxylic acids is 1. The Morgan fingerprint density at radius 3 is 2.73 bits per heavy atom. The van der Waals surface area contributed by atoms with Gasteiger partial charge in [0.05, 0.1) is 23.8 Å². The molecule has 1 aromatic carbocycles. The molecule has 3 unspecified atom stereocenters. The minimum absolute atomic E-state index is 0.0226. The van der Waals surface area contributed by atoms with Crippen molar-refractivity contribution in [3.63, 3.8) is 0 Å². The van der Waals surface area contributed by atoms with Crippen LogP contribution in [0.15, 0.2) is 42.7 Å². The standard InChI is InChI=1S/C18H22N4O4/c1-2-26-15-10-14(16(15)22-9-3-8-20-22)21-18(25)19-11-12-4-6-13(7-5-12)17(23)24/h3-9,14-16H,2,10-11H2,1H3,(H,23,24)(H2,19,21,25). The predicted octanol–water partition coefficient (Wildman–Crippen LogP) is 1.80. The summed E-state index contributed by atoms with van der Waals surface area (Å²) in [6.45, 7) is 2.89. The predicted molar refractivity (Wildman–Crippen MR) is 93.9 cm³/mol. The average Bonchev–Trinajstić information content (AvgIpc) is 3.12. The number of carbonyl (C=O) groups excluding carboxylic acids is 1. The van der Waals surface area contributed by atoms with Gasteiger partial charge in [0.1, 0.15) is 0 Å². The maximum absolute atomic E-state index is 12.2. The summed E-state index contributed by atoms with van der Waals surface area (Å²) in [5, 5.41) is 18.9. The molecule has 3 N–H and O–H groups in total. The number of benzene rings is 1. The fourth-order valence-corrected chi connectivity index (χ4v) is 3.10. The summed E-state index contributed by atoms with van der Waals surface area (Å²) in [6.07, 6.45) is 4.35. The number of carboxylic acids is 1. The zero-order valence-corrected chi connectivity index (χ0v) is 14.5. The quantitative estimate of drug-likeness (QED) is 0.700. The van der Waals surface area contributed by atoms with Crippen LogP contribution in [0.1, 0.15) is 35.3 Å². The van der Waals surface area contributed by atoms with Crippen LogP contribution in [-0.4, -0.2) is 45.6 Å². The molecule has 1 fully saturated rings. The Labute approximate surface area is 151 Å². The van der Waals surface area contributed by atoms with E-state index < -0.39 is 5.97 Å². The molecule has 3 atom stereocenters. The number of nitrogens with one attached hydrogen (secondary N) is 2. The lowest BCUT2D eigenvalue weighted by Gasteiger charge is -2.44. The second kappa shape index (κ2) is 8.01. The van der Waals surface area contributed by atoms with Gasteiger partial charge in [-0.25, -0.2) is 9.59 Å². The molecule has 26 heavy (non-hydrogen) atoms. The van der Waals surface area contributed by atoms with Crippen LogP contribution in [0.3, 0.4) is 0 Å². The monoisotopic (exact) mass is 358 g/mol. The average molecular weight is 358 g/mol. The summed E-state index contributed by atoms with van der Waals surface area (Å²) < 4.78 is 7.52. The van der Waals surface area contributed by atoms with Gasteiger partial charge in [0.15, 0.2) is 0 Å². The van der Waals surface area contributed by atoms with Gasteiger partial charge in [-0.15, -0.1) is 0 Å². The van der Waals surface area contributed by atoms with E-state index in [4.69, 9.17) is 9.84 Å². The van der Waals surface area contributed by atoms with Crippen LogP contribution in [0.25, 0.3) is 0 Å². The molecule has 8 heteroatoms. The van der Waals surface area contributed by atoms with Crippen molar-refractivity contribution in [2.24, 2.45) is 0 Å². The van der Waals surface area contributed by atoms with Gasteiger partial charge >= 0.3 is 12.0 Å². The molecule has 3 rings (SSSR count). The molecule has 2 amide bonds. The van der Waals surface area contributed by atoms with Crippen molar-refractivity contribution in [3.05, 3.63) is 53.9 Å². The molecule has 8 nitrogen and oxygen atoms in total. The first-order valence-corrected chi connectivity index (χ1v) is 8.55. The van der Waals surface area contributed by atoms with Crippen LogP contribution in [0.2, 0.25) is 0 Å². The molecule has 0 saturated heterocycles. The molecule has 1 aliphatic carbocycles. The third kappa shape index (κ3) is 4.02. The third-order valence-electron chi connectivity index (χ3n) is 4.46. The van der Waals surface area contributed by atoms with Crippen LogP contribution >= 0.6 is 0 Å². The number of aromatic nitrogens is 2. The van der Waals surface area contributed by atoms with E-state index in [1.165, 1.54) is 12.1 Å². The molecule has 0 radical (unpaired) electrons. The van der Waals surface area contributed by atoms with Crippen molar-refractivity contribution < 1.29 is 19.4 Å². The topological polar surface area (TPSA) is 105 Å². The van der Waals surface area contributed by atoms with Crippen molar-refractivity contribution in [1.82, 2.24) is 20.4 Å². The summed E-state index contributed by atoms with van der Waals surface area (Å²) in [7, 11) is 0. The zero-order valence-electron chi connectivity index (χ0n) is 14.5. The Morgan fingerprint density at radius 1 is 1.35 bits per heavy atom. The number of amides is 2. The maximum atomic E-state index is 12.2. The van der Waals surface area contributed by atoms with Gasteiger partial charge in [-0.2, -0.15) is 5.10 Å². The molecule has 0 aliphatic heterocycles. The van der Waals surface area contributed by atoms with Gasteiger partial charge < -0.3 is 20.5 Å². The van der Waals surface area contributed by atoms with Gasteiger partial charge in [-0.1, -0.05) is 12.1 Å². The SMILES string of the molecule is CCOC1CC(NC(=O)NCc2ccc(C(=O)O)cc2)C1n1cccn1. The molecule has 0 bridgehead atoms. The summed E-state index contributed by atoms with van der Waals surface area (Å²) in [6, 6.07) is 7.90. The van der Waals surface area contributed by atoms with Gasteiger partial charge in [0.2, 0.25) is 0 Å². The lowest BCUT2D eigenvalue weighted by atomic mass is 9.83. The van der Waals surface area contributed by atoms with Crippen molar-refractivity contribution in [3.8, 4) is 0 Å². The number of nitrogens with zero attached hydrogens (tertiary/aromatic N) is 2. The Morgan fingerprint density at radius 2 is 2.12 bits per heavy atom. The maximum Gasteiger partial charge on any atom is 0.335 e. The van der Waals surface area contributed by atoms with E-state index in [1.807, 2.05) is 23.9 Å². The summed E-state index contributed by atoms with van der Waals surface area (Å²) in [4.78, 5) is 23.0. The first-order valence-electron chi connectivity index (χ1n) is 8.55. The van der Waals surface area contributed by atoms with E-state index >= 15 is 0 Å². The summed E-state index contributed by atoms with van der Waals surface area (Å²) in [5.74, 6) is -0.972. The fraction of sp³-hybridized carbons (Fsp3) is 0.389. The zero-order chi connectivity index (χ0) is 18.5. The van der Waals surface area contributed by atoms with E-state index in [-0.39, 0.29) is 29.8 Å². The second-order valence-electron chi connectivity index (χ2n) is 6.14. The normalized spacial score (nSPS) is 21.7. The largest absolute Gasteiger partial charge is 0.478 e. The van der Waals surface area contributed by atoms with Crippen LogP contribution in [0.5, 0.6) is 0 Å². The lowest BCUT2D eigenvalue weighted by molar-refractivity contribution is -0.0574. The Kier molecular flexibility index (Phi) is 5.52. The van der Waals surface area contributed by atoms with Crippen LogP contribution in [-0.2, 0) is 11.3 Å². The van der Waals surface area contributed by atoms with Gasteiger partial charge in [0, 0.05) is 25.5 Å². The molecule has 0 spiro atoms. The Hall–Kier alpha value is -2.87. The highest BCUT2D eigenvalue weighted by atomic mass is 16.5. The van der Waals surface area contributed by atoms with Crippen molar-refractivity contribution >= 4 is 12.0 Å². The van der Waals surface area contributed by atoms with E-state index in [2.05, 4.69) is 15.7 Å². The number of carbonyl (C=O) groups is 2. The first kappa shape index (κ1) is 17.9. The van der Waals surface area contributed by atoms with Crippen molar-refractivity contribution in [2.45, 2.75) is 38.1 Å². The minimum Gasteiger partial charge on any atom is -0.478 e. The van der Waals surface area contributed by atoms with Crippen molar-refractivity contribution in [1.29, 1.82) is 0 Å². The molecular weight excluding hydrogens is 336 g/mol. The van der Waals surface area contributed by atoms with Gasteiger partial charge in [0.25, 0.3) is 0 Å². The fourth-order valence-electron chi connectivity index (χ4n) is 3.10. The second-order valence-corrected chi connectivity index (χ2v) is 6.14. The molecule has 1 aromatic heterocycles. The summed E-state index contributed by atoms with van der Waals surface area (Å²) >= 11 is 0. The highest BCUT2D eigenvalue weighted by molar-refractivity contribution is 5.87. The lowest BCUT2D eigenvalue weighted by Crippen LogP contribution is -2.58. The Balaban J connectivity index is 1.52. The number of urea groups is 1. The van der Waals surface area contributed by atoms with Gasteiger partial charge in [-0.3, -0.25) is 4.68 Å². The molecule has 2 aromatic rings. The van der Waals surface area contributed by atoms with E-state index in [0.29, 0.717) is 13.2 Å². The first-order chi connectivity index (χ1) is 12.6. The van der Waals surface area contributed by atoms with Crippen LogP contribution in [0, 0.1) is 0 Å². The molecule has 1 aliphatic rings. The summed E-state index contributed by atoms with van der Waals surface area (Å²) in [5.41, 5.74) is 1.05. The van der Waals surface area contributed by atoms with Crippen LogP contribution < -0.4 is 10.6 Å².